The van der Waals surface area contributed by atoms with Gasteiger partial charge in [-0.2, -0.15) is 0 Å². The van der Waals surface area contributed by atoms with E-state index in [0.29, 0.717) is 11.3 Å². The average molecular weight is 322 g/mol. The van der Waals surface area contributed by atoms with E-state index >= 15 is 0 Å². The fourth-order valence-corrected chi connectivity index (χ4v) is 3.26. The fourth-order valence-electron chi connectivity index (χ4n) is 2.20. The Hall–Kier alpha value is -1.42. The van der Waals surface area contributed by atoms with E-state index in [-0.39, 0.29) is 0 Å². The van der Waals surface area contributed by atoms with Gasteiger partial charge in [-0.05, 0) is 38.3 Å². The first-order valence-electron chi connectivity index (χ1n) is 7.98. The fraction of sp³-hybridized carbons (Fsp3) is 0.500. The van der Waals surface area contributed by atoms with Crippen LogP contribution in [-0.2, 0) is 14.6 Å². The molecule has 0 saturated carbocycles. The maximum Gasteiger partial charge on any atom is 0.199 e. The summed E-state index contributed by atoms with van der Waals surface area (Å²) in [4.78, 5) is 10.5. The number of allylic oxidation sites excluding steroid dienone is 1. The van der Waals surface area contributed by atoms with E-state index in [1.807, 2.05) is 19.1 Å². The summed E-state index contributed by atoms with van der Waals surface area (Å²) < 4.78 is 24.1. The lowest BCUT2D eigenvalue weighted by Gasteiger charge is -2.00. The van der Waals surface area contributed by atoms with Crippen molar-refractivity contribution in [1.82, 2.24) is 0 Å². The number of aldehydes is 1. The van der Waals surface area contributed by atoms with Crippen molar-refractivity contribution in [1.29, 1.82) is 0 Å². The zero-order valence-electron chi connectivity index (χ0n) is 13.3. The molecular formula is C18H26O3S. The van der Waals surface area contributed by atoms with Crippen LogP contribution in [0.3, 0.4) is 0 Å². The molecule has 0 radical (unpaired) electrons. The maximum absolute atomic E-state index is 12.1. The van der Waals surface area contributed by atoms with Gasteiger partial charge in [0, 0.05) is 11.8 Å². The number of sulfone groups is 1. The van der Waals surface area contributed by atoms with Crippen molar-refractivity contribution in [3.05, 3.63) is 41.3 Å². The third-order valence-corrected chi connectivity index (χ3v) is 5.05. The van der Waals surface area contributed by atoms with Crippen LogP contribution in [0.15, 0.2) is 40.6 Å². The highest BCUT2D eigenvalue weighted by Crippen LogP contribution is 2.14. The lowest BCUT2D eigenvalue weighted by molar-refractivity contribution is -0.107. The summed E-state index contributed by atoms with van der Waals surface area (Å²) in [5, 5.41) is 1.32. The van der Waals surface area contributed by atoms with E-state index in [0.717, 1.165) is 56.8 Å². The molecule has 0 aromatic heterocycles. The number of unbranched alkanes of at least 4 members (excludes halogenated alkanes) is 7. The number of rotatable bonds is 11. The Morgan fingerprint density at radius 2 is 1.41 bits per heavy atom. The first-order valence-corrected chi connectivity index (χ1v) is 9.53. The number of hydrogen-bond donors (Lipinski definition) is 0. The first-order chi connectivity index (χ1) is 10.6. The lowest BCUT2D eigenvalue weighted by Crippen LogP contribution is -1.95. The smallest absolute Gasteiger partial charge is 0.199 e. The second kappa shape index (κ2) is 10.3. The molecule has 3 nitrogen and oxygen atoms in total. The van der Waals surface area contributed by atoms with E-state index in [1.54, 1.807) is 18.2 Å². The zero-order valence-corrected chi connectivity index (χ0v) is 14.1. The van der Waals surface area contributed by atoms with Gasteiger partial charge in [-0.3, -0.25) is 0 Å². The normalized spacial score (nSPS) is 11.9. The monoisotopic (exact) mass is 322 g/mol. The minimum atomic E-state index is -3.30. The van der Waals surface area contributed by atoms with Gasteiger partial charge in [0.2, 0.25) is 0 Å². The number of carbonyl (C=O) groups is 1. The molecule has 0 amide bonds. The van der Waals surface area contributed by atoms with Gasteiger partial charge in [-0.1, -0.05) is 49.5 Å². The van der Waals surface area contributed by atoms with E-state index < -0.39 is 9.84 Å². The maximum atomic E-state index is 12.1. The standard InChI is InChI=1S/C18H26O3S/c1-17-11-13-18(14-12-17)22(20,21)16-10-8-6-4-2-3-5-7-9-15-19/h10-16H,2-9H2,1H3/b16-10+. The molecule has 0 spiro atoms. The minimum absolute atomic E-state index is 0.351. The highest BCUT2D eigenvalue weighted by atomic mass is 32.2. The molecule has 0 atom stereocenters. The van der Waals surface area contributed by atoms with Gasteiger partial charge in [0.05, 0.1) is 4.90 Å². The zero-order chi connectivity index (χ0) is 16.3. The Morgan fingerprint density at radius 3 is 2.00 bits per heavy atom. The Labute approximate surface area is 134 Å². The van der Waals surface area contributed by atoms with Gasteiger partial charge in [0.25, 0.3) is 0 Å². The second-order valence-corrected chi connectivity index (χ2v) is 7.43. The topological polar surface area (TPSA) is 51.2 Å². The van der Waals surface area contributed by atoms with Crippen molar-refractivity contribution in [2.75, 3.05) is 0 Å². The highest BCUT2D eigenvalue weighted by Gasteiger charge is 2.08. The molecule has 0 aliphatic carbocycles. The summed E-state index contributed by atoms with van der Waals surface area (Å²) in [6.07, 6.45) is 10.7. The Kier molecular flexibility index (Phi) is 8.75. The third-order valence-electron chi connectivity index (χ3n) is 3.57. The van der Waals surface area contributed by atoms with E-state index in [2.05, 4.69) is 0 Å². The van der Waals surface area contributed by atoms with Gasteiger partial charge in [0.1, 0.15) is 6.29 Å². The van der Waals surface area contributed by atoms with Crippen LogP contribution in [0.2, 0.25) is 0 Å². The van der Waals surface area contributed by atoms with Gasteiger partial charge >= 0.3 is 0 Å². The molecule has 0 N–H and O–H groups in total. The SMILES string of the molecule is Cc1ccc(S(=O)(=O)/C=C/CCCCCCCCC=O)cc1. The average Bonchev–Trinajstić information content (AvgIpc) is 2.49. The van der Waals surface area contributed by atoms with Gasteiger partial charge in [0.15, 0.2) is 9.84 Å². The molecule has 0 heterocycles. The van der Waals surface area contributed by atoms with E-state index in [9.17, 15) is 13.2 Å². The quantitative estimate of drug-likeness (QED) is 0.442. The third kappa shape index (κ3) is 7.55. The van der Waals surface area contributed by atoms with Crippen molar-refractivity contribution in [3.8, 4) is 0 Å². The molecule has 122 valence electrons. The van der Waals surface area contributed by atoms with Crippen molar-refractivity contribution >= 4 is 16.1 Å². The van der Waals surface area contributed by atoms with Crippen LogP contribution < -0.4 is 0 Å². The van der Waals surface area contributed by atoms with E-state index in [1.165, 1.54) is 5.41 Å². The number of hydrogen-bond acceptors (Lipinski definition) is 3. The summed E-state index contributed by atoms with van der Waals surface area (Å²) in [6.45, 7) is 1.94. The molecule has 0 saturated heterocycles. The Morgan fingerprint density at radius 1 is 0.864 bits per heavy atom. The molecule has 1 rings (SSSR count). The molecule has 0 unspecified atom stereocenters. The van der Waals surface area contributed by atoms with Gasteiger partial charge in [-0.25, -0.2) is 8.42 Å². The molecule has 4 heteroatoms. The minimum Gasteiger partial charge on any atom is -0.303 e. The summed E-state index contributed by atoms with van der Waals surface area (Å²) >= 11 is 0. The number of carbonyl (C=O) groups excluding carboxylic acids is 1. The molecule has 0 aliphatic heterocycles. The van der Waals surface area contributed by atoms with Crippen molar-refractivity contribution in [2.24, 2.45) is 0 Å². The summed E-state index contributed by atoms with van der Waals surface area (Å²) in [5.74, 6) is 0. The van der Waals surface area contributed by atoms with Crippen LogP contribution in [-0.4, -0.2) is 14.7 Å². The first kappa shape index (κ1) is 18.6. The predicted octanol–water partition coefficient (Wildman–Crippen LogP) is 4.60. The molecule has 1 aromatic carbocycles. The van der Waals surface area contributed by atoms with Crippen molar-refractivity contribution in [3.63, 3.8) is 0 Å². The molecular weight excluding hydrogens is 296 g/mol. The molecule has 0 bridgehead atoms. The molecule has 1 aromatic rings. The molecule has 22 heavy (non-hydrogen) atoms. The van der Waals surface area contributed by atoms with Crippen LogP contribution in [0.25, 0.3) is 0 Å². The van der Waals surface area contributed by atoms with Crippen LogP contribution in [0.1, 0.15) is 56.9 Å². The molecule has 0 fully saturated rings. The van der Waals surface area contributed by atoms with Gasteiger partial charge < -0.3 is 4.79 Å². The number of benzene rings is 1. The van der Waals surface area contributed by atoms with Crippen molar-refractivity contribution in [2.45, 2.75) is 63.2 Å². The van der Waals surface area contributed by atoms with Crippen LogP contribution in [0.4, 0.5) is 0 Å². The van der Waals surface area contributed by atoms with Gasteiger partial charge in [-0.15, -0.1) is 0 Å². The van der Waals surface area contributed by atoms with Crippen LogP contribution in [0.5, 0.6) is 0 Å². The lowest BCUT2D eigenvalue weighted by atomic mass is 10.1. The molecule has 0 aliphatic rings. The van der Waals surface area contributed by atoms with Crippen LogP contribution in [0, 0.1) is 6.92 Å². The highest BCUT2D eigenvalue weighted by molar-refractivity contribution is 7.94. The second-order valence-electron chi connectivity index (χ2n) is 5.60. The summed E-state index contributed by atoms with van der Waals surface area (Å²) in [7, 11) is -3.30. The summed E-state index contributed by atoms with van der Waals surface area (Å²) in [6, 6.07) is 6.92. The Bertz CT molecular complexity index is 556. The van der Waals surface area contributed by atoms with Crippen LogP contribution >= 0.6 is 0 Å². The largest absolute Gasteiger partial charge is 0.303 e. The predicted molar refractivity (Wildman–Crippen MR) is 90.5 cm³/mol. The van der Waals surface area contributed by atoms with E-state index in [4.69, 9.17) is 0 Å². The Balaban J connectivity index is 2.22. The number of aryl methyl sites for hydroxylation is 1. The van der Waals surface area contributed by atoms with Crippen molar-refractivity contribution < 1.29 is 13.2 Å². The summed E-state index contributed by atoms with van der Waals surface area (Å²) in [5.41, 5.74) is 1.05.